The zero-order chi connectivity index (χ0) is 14.4. The summed E-state index contributed by atoms with van der Waals surface area (Å²) in [5.41, 5.74) is 0.775. The van der Waals surface area contributed by atoms with E-state index in [0.717, 1.165) is 12.8 Å². The maximum Gasteiger partial charge on any atom is 0.338 e. The third-order valence-corrected chi connectivity index (χ3v) is 4.93. The standard InChI is InChI=1S/C17H23NO2/c1-16(2)13-9-10-17(3,18-16)11-14(13)20-15(19)12-7-5-4-6-8-12/h4-8,13-14,18H,9-11H2,1-3H3. The number of ether oxygens (including phenoxy) is 1. The fourth-order valence-corrected chi connectivity index (χ4v) is 4.06. The quantitative estimate of drug-likeness (QED) is 0.841. The van der Waals surface area contributed by atoms with Gasteiger partial charge in [0.1, 0.15) is 6.10 Å². The highest BCUT2D eigenvalue weighted by Crippen LogP contribution is 2.46. The van der Waals surface area contributed by atoms with Crippen molar-refractivity contribution in [2.45, 2.75) is 57.2 Å². The molecule has 108 valence electrons. The average molecular weight is 273 g/mol. The number of hydrogen-bond acceptors (Lipinski definition) is 3. The summed E-state index contributed by atoms with van der Waals surface area (Å²) in [6.07, 6.45) is 3.24. The van der Waals surface area contributed by atoms with E-state index >= 15 is 0 Å². The van der Waals surface area contributed by atoms with Crippen LogP contribution in [-0.2, 0) is 4.74 Å². The molecule has 2 bridgehead atoms. The second kappa shape index (κ2) is 4.59. The van der Waals surface area contributed by atoms with Gasteiger partial charge in [0.15, 0.2) is 0 Å². The number of fused-ring (bicyclic) bond motifs is 3. The van der Waals surface area contributed by atoms with Gasteiger partial charge in [-0.1, -0.05) is 18.2 Å². The Morgan fingerprint density at radius 3 is 2.55 bits per heavy atom. The smallest absolute Gasteiger partial charge is 0.338 e. The van der Waals surface area contributed by atoms with Gasteiger partial charge in [-0.25, -0.2) is 4.79 Å². The average Bonchev–Trinajstić information content (AvgIpc) is 2.37. The lowest BCUT2D eigenvalue weighted by Crippen LogP contribution is -2.69. The van der Waals surface area contributed by atoms with E-state index in [2.05, 4.69) is 26.1 Å². The van der Waals surface area contributed by atoms with E-state index in [0.29, 0.717) is 11.5 Å². The molecule has 1 aromatic carbocycles. The van der Waals surface area contributed by atoms with Crippen molar-refractivity contribution in [2.24, 2.45) is 5.92 Å². The first-order valence-electron chi connectivity index (χ1n) is 7.45. The van der Waals surface area contributed by atoms with Crippen LogP contribution in [-0.4, -0.2) is 23.2 Å². The molecule has 20 heavy (non-hydrogen) atoms. The summed E-state index contributed by atoms with van der Waals surface area (Å²) in [6.45, 7) is 6.68. The molecule has 1 aliphatic carbocycles. The van der Waals surface area contributed by atoms with Crippen molar-refractivity contribution in [2.75, 3.05) is 0 Å². The summed E-state index contributed by atoms with van der Waals surface area (Å²) in [4.78, 5) is 12.3. The van der Waals surface area contributed by atoms with Gasteiger partial charge in [0.05, 0.1) is 5.56 Å². The van der Waals surface area contributed by atoms with E-state index in [9.17, 15) is 4.79 Å². The van der Waals surface area contributed by atoms with Crippen LogP contribution < -0.4 is 5.32 Å². The van der Waals surface area contributed by atoms with Crippen LogP contribution in [0.3, 0.4) is 0 Å². The summed E-state index contributed by atoms with van der Waals surface area (Å²) in [7, 11) is 0. The molecule has 1 saturated carbocycles. The highest BCUT2D eigenvalue weighted by Gasteiger charge is 2.53. The number of nitrogens with one attached hydrogen (secondary N) is 1. The number of benzene rings is 1. The van der Waals surface area contributed by atoms with Crippen molar-refractivity contribution in [3.8, 4) is 0 Å². The van der Waals surface area contributed by atoms with E-state index in [4.69, 9.17) is 4.74 Å². The van der Waals surface area contributed by atoms with Gasteiger partial charge in [0.2, 0.25) is 0 Å². The maximum absolute atomic E-state index is 12.3. The first kappa shape index (κ1) is 13.6. The van der Waals surface area contributed by atoms with Crippen LogP contribution in [0.2, 0.25) is 0 Å². The van der Waals surface area contributed by atoms with Crippen molar-refractivity contribution in [3.63, 3.8) is 0 Å². The summed E-state index contributed by atoms with van der Waals surface area (Å²) in [5.74, 6) is 0.208. The number of rotatable bonds is 2. The lowest BCUT2D eigenvalue weighted by Gasteiger charge is -2.57. The number of carbonyl (C=O) groups excluding carboxylic acids is 1. The van der Waals surface area contributed by atoms with Crippen LogP contribution >= 0.6 is 0 Å². The Labute approximate surface area is 120 Å². The highest BCUT2D eigenvalue weighted by molar-refractivity contribution is 5.89. The third-order valence-electron chi connectivity index (χ3n) is 4.93. The molecule has 4 rings (SSSR count). The van der Waals surface area contributed by atoms with E-state index in [1.54, 1.807) is 0 Å². The van der Waals surface area contributed by atoms with E-state index < -0.39 is 0 Å². The largest absolute Gasteiger partial charge is 0.458 e. The Morgan fingerprint density at radius 2 is 1.95 bits per heavy atom. The van der Waals surface area contributed by atoms with Crippen LogP contribution in [0, 0.1) is 5.92 Å². The molecule has 0 spiro atoms. The fourth-order valence-electron chi connectivity index (χ4n) is 4.06. The van der Waals surface area contributed by atoms with Crippen LogP contribution in [0.1, 0.15) is 50.4 Å². The van der Waals surface area contributed by atoms with Crippen LogP contribution in [0.4, 0.5) is 0 Å². The van der Waals surface area contributed by atoms with Crippen LogP contribution in [0.25, 0.3) is 0 Å². The Hall–Kier alpha value is -1.35. The lowest BCUT2D eigenvalue weighted by molar-refractivity contribution is -0.0825. The first-order chi connectivity index (χ1) is 9.40. The van der Waals surface area contributed by atoms with Crippen LogP contribution in [0.5, 0.6) is 0 Å². The van der Waals surface area contributed by atoms with Gasteiger partial charge in [-0.15, -0.1) is 0 Å². The monoisotopic (exact) mass is 273 g/mol. The van der Waals surface area contributed by atoms with E-state index in [-0.39, 0.29) is 23.2 Å². The zero-order valence-corrected chi connectivity index (χ0v) is 12.5. The van der Waals surface area contributed by atoms with Crippen molar-refractivity contribution >= 4 is 5.97 Å². The molecule has 3 aliphatic rings. The minimum Gasteiger partial charge on any atom is -0.458 e. The Morgan fingerprint density at radius 1 is 1.25 bits per heavy atom. The number of piperidine rings is 2. The molecule has 0 radical (unpaired) electrons. The highest BCUT2D eigenvalue weighted by atomic mass is 16.5. The van der Waals surface area contributed by atoms with E-state index in [1.165, 1.54) is 6.42 Å². The van der Waals surface area contributed by atoms with Gasteiger partial charge in [-0.05, 0) is 45.7 Å². The van der Waals surface area contributed by atoms with Crippen molar-refractivity contribution < 1.29 is 9.53 Å². The molecule has 3 nitrogen and oxygen atoms in total. The zero-order valence-electron chi connectivity index (χ0n) is 12.5. The third kappa shape index (κ3) is 2.35. The first-order valence-corrected chi connectivity index (χ1v) is 7.45. The molecule has 2 saturated heterocycles. The molecule has 3 unspecified atom stereocenters. The van der Waals surface area contributed by atoms with Gasteiger partial charge < -0.3 is 10.1 Å². The molecule has 1 N–H and O–H groups in total. The molecular formula is C17H23NO2. The van der Waals surface area contributed by atoms with E-state index in [1.807, 2.05) is 30.3 Å². The molecular weight excluding hydrogens is 250 g/mol. The van der Waals surface area contributed by atoms with Crippen LogP contribution in [0.15, 0.2) is 30.3 Å². The molecule has 3 fully saturated rings. The molecule has 3 heteroatoms. The summed E-state index contributed by atoms with van der Waals surface area (Å²) >= 11 is 0. The molecule has 0 amide bonds. The molecule has 1 aromatic rings. The topological polar surface area (TPSA) is 38.3 Å². The minimum atomic E-state index is -0.192. The predicted molar refractivity (Wildman–Crippen MR) is 78.6 cm³/mol. The normalized spacial score (nSPS) is 34.8. The number of carbonyl (C=O) groups is 1. The predicted octanol–water partition coefficient (Wildman–Crippen LogP) is 3.15. The fraction of sp³-hybridized carbons (Fsp3) is 0.588. The van der Waals surface area contributed by atoms with Gasteiger partial charge in [0.25, 0.3) is 0 Å². The Bertz CT molecular complexity index is 508. The second-order valence-corrected chi connectivity index (χ2v) is 7.07. The maximum atomic E-state index is 12.3. The van der Waals surface area contributed by atoms with Crippen molar-refractivity contribution in [1.82, 2.24) is 5.32 Å². The molecule has 2 aliphatic heterocycles. The van der Waals surface area contributed by atoms with Crippen molar-refractivity contribution in [3.05, 3.63) is 35.9 Å². The van der Waals surface area contributed by atoms with Crippen molar-refractivity contribution in [1.29, 1.82) is 0 Å². The summed E-state index contributed by atoms with van der Waals surface area (Å²) < 4.78 is 5.83. The lowest BCUT2D eigenvalue weighted by atomic mass is 9.63. The van der Waals surface area contributed by atoms with Gasteiger partial charge in [-0.3, -0.25) is 0 Å². The summed E-state index contributed by atoms with van der Waals surface area (Å²) in [5, 5.41) is 3.72. The molecule has 2 heterocycles. The summed E-state index contributed by atoms with van der Waals surface area (Å²) in [6, 6.07) is 9.28. The molecule has 0 aromatic heterocycles. The molecule has 3 atom stereocenters. The Balaban J connectivity index is 1.77. The van der Waals surface area contributed by atoms with Gasteiger partial charge in [-0.2, -0.15) is 0 Å². The SMILES string of the molecule is CC12CCC(C(OC(=O)c3ccccc3)C1)C(C)(C)N2. The van der Waals surface area contributed by atoms with Gasteiger partial charge in [0, 0.05) is 23.4 Å². The number of esters is 1. The number of hydrogen-bond donors (Lipinski definition) is 1. The minimum absolute atomic E-state index is 0.0257. The second-order valence-electron chi connectivity index (χ2n) is 7.07. The van der Waals surface area contributed by atoms with Gasteiger partial charge >= 0.3 is 5.97 Å². The Kier molecular flexibility index (Phi) is 3.13.